The first-order chi connectivity index (χ1) is 13.2. The average Bonchev–Trinajstić information content (AvgIpc) is 3.31. The zero-order valence-corrected chi connectivity index (χ0v) is 16.7. The number of aromatic nitrogens is 1. The summed E-state index contributed by atoms with van der Waals surface area (Å²) in [6, 6.07) is 8.32. The second-order valence-electron chi connectivity index (χ2n) is 7.21. The molecule has 2 heterocycles. The molecule has 27 heavy (non-hydrogen) atoms. The Hall–Kier alpha value is -2.40. The topological polar surface area (TPSA) is 57.2 Å². The SMILES string of the molecule is CCc1cccc2c(/C=N/NC(=O)c3cc4c(s3)CC[C@H](CC)C4)c[nH]c12. The van der Waals surface area contributed by atoms with E-state index in [9.17, 15) is 4.79 Å². The number of aryl methyl sites for hydroxylation is 2. The van der Waals surface area contributed by atoms with E-state index >= 15 is 0 Å². The van der Waals surface area contributed by atoms with Gasteiger partial charge in [0.05, 0.1) is 11.1 Å². The van der Waals surface area contributed by atoms with E-state index in [1.54, 1.807) is 17.6 Å². The molecule has 1 atom stereocenters. The highest BCUT2D eigenvalue weighted by Crippen LogP contribution is 2.33. The molecule has 0 aliphatic heterocycles. The molecule has 4 rings (SSSR count). The van der Waals surface area contributed by atoms with E-state index in [0.717, 1.165) is 46.5 Å². The van der Waals surface area contributed by atoms with E-state index < -0.39 is 0 Å². The second-order valence-corrected chi connectivity index (χ2v) is 8.35. The van der Waals surface area contributed by atoms with Gasteiger partial charge in [-0.15, -0.1) is 11.3 Å². The summed E-state index contributed by atoms with van der Waals surface area (Å²) in [5, 5.41) is 5.32. The number of benzene rings is 1. The normalized spacial score (nSPS) is 16.7. The lowest BCUT2D eigenvalue weighted by atomic mass is 9.87. The van der Waals surface area contributed by atoms with Gasteiger partial charge in [0, 0.05) is 27.5 Å². The number of fused-ring (bicyclic) bond motifs is 2. The van der Waals surface area contributed by atoms with Crippen LogP contribution < -0.4 is 5.43 Å². The van der Waals surface area contributed by atoms with Crippen molar-refractivity contribution in [2.45, 2.75) is 46.0 Å². The van der Waals surface area contributed by atoms with Crippen LogP contribution in [0, 0.1) is 5.92 Å². The van der Waals surface area contributed by atoms with Gasteiger partial charge < -0.3 is 4.98 Å². The van der Waals surface area contributed by atoms with Gasteiger partial charge in [-0.3, -0.25) is 4.79 Å². The average molecular weight is 380 g/mol. The number of nitrogens with zero attached hydrogens (tertiary/aromatic N) is 1. The van der Waals surface area contributed by atoms with Gasteiger partial charge in [0.15, 0.2) is 0 Å². The number of hydrogen-bond acceptors (Lipinski definition) is 3. The fourth-order valence-corrected chi connectivity index (χ4v) is 5.01. The molecule has 0 bridgehead atoms. The third-order valence-electron chi connectivity index (χ3n) is 5.57. The summed E-state index contributed by atoms with van der Waals surface area (Å²) in [7, 11) is 0. The molecule has 0 fully saturated rings. The molecular weight excluding hydrogens is 354 g/mol. The number of carbonyl (C=O) groups excluding carboxylic acids is 1. The predicted octanol–water partition coefficient (Wildman–Crippen LogP) is 5.07. The first-order valence-electron chi connectivity index (χ1n) is 9.73. The van der Waals surface area contributed by atoms with Gasteiger partial charge >= 0.3 is 0 Å². The smallest absolute Gasteiger partial charge is 0.281 e. The van der Waals surface area contributed by atoms with Crippen molar-refractivity contribution in [3.05, 3.63) is 56.9 Å². The molecule has 4 nitrogen and oxygen atoms in total. The molecule has 0 saturated heterocycles. The van der Waals surface area contributed by atoms with E-state index in [1.807, 2.05) is 6.20 Å². The van der Waals surface area contributed by atoms with Crippen LogP contribution in [-0.2, 0) is 19.3 Å². The third-order valence-corrected chi connectivity index (χ3v) is 6.81. The van der Waals surface area contributed by atoms with Crippen molar-refractivity contribution >= 4 is 34.4 Å². The van der Waals surface area contributed by atoms with Gasteiger partial charge in [-0.05, 0) is 48.8 Å². The van der Waals surface area contributed by atoms with E-state index in [-0.39, 0.29) is 5.91 Å². The van der Waals surface area contributed by atoms with Crippen LogP contribution in [0.2, 0.25) is 0 Å². The summed E-state index contributed by atoms with van der Waals surface area (Å²) in [5.74, 6) is 0.642. The minimum atomic E-state index is -0.118. The van der Waals surface area contributed by atoms with Gasteiger partial charge in [-0.1, -0.05) is 38.5 Å². The van der Waals surface area contributed by atoms with Crippen LogP contribution in [0.15, 0.2) is 35.6 Å². The van der Waals surface area contributed by atoms with Gasteiger partial charge in [0.2, 0.25) is 0 Å². The molecule has 5 heteroatoms. The molecule has 1 aromatic carbocycles. The summed E-state index contributed by atoms with van der Waals surface area (Å²) in [6.45, 7) is 4.39. The quantitative estimate of drug-likeness (QED) is 0.472. The second kappa shape index (κ2) is 7.69. The minimum Gasteiger partial charge on any atom is -0.360 e. The van der Waals surface area contributed by atoms with Crippen LogP contribution >= 0.6 is 11.3 Å². The molecule has 0 radical (unpaired) electrons. The molecule has 0 unspecified atom stereocenters. The maximum Gasteiger partial charge on any atom is 0.281 e. The van der Waals surface area contributed by atoms with E-state index in [4.69, 9.17) is 0 Å². The maximum absolute atomic E-state index is 12.5. The van der Waals surface area contributed by atoms with Crippen molar-refractivity contribution < 1.29 is 4.79 Å². The first-order valence-corrected chi connectivity index (χ1v) is 10.5. The Morgan fingerprint density at radius 2 is 2.30 bits per heavy atom. The molecule has 140 valence electrons. The molecule has 2 aromatic heterocycles. The Bertz CT molecular complexity index is 998. The van der Waals surface area contributed by atoms with Crippen LogP contribution in [0.3, 0.4) is 0 Å². The van der Waals surface area contributed by atoms with Gasteiger partial charge in [-0.2, -0.15) is 5.10 Å². The molecule has 2 N–H and O–H groups in total. The highest BCUT2D eigenvalue weighted by atomic mass is 32.1. The lowest BCUT2D eigenvalue weighted by Crippen LogP contribution is -2.16. The monoisotopic (exact) mass is 379 g/mol. The summed E-state index contributed by atoms with van der Waals surface area (Å²) >= 11 is 1.62. The van der Waals surface area contributed by atoms with Crippen molar-refractivity contribution in [1.82, 2.24) is 10.4 Å². The fourth-order valence-electron chi connectivity index (χ4n) is 3.92. The summed E-state index contributed by atoms with van der Waals surface area (Å²) in [5.41, 5.74) is 7.46. The minimum absolute atomic E-state index is 0.118. The van der Waals surface area contributed by atoms with Crippen molar-refractivity contribution in [3.63, 3.8) is 0 Å². The molecule has 1 aliphatic rings. The lowest BCUT2D eigenvalue weighted by molar-refractivity contribution is 0.0959. The molecule has 0 saturated carbocycles. The molecule has 1 aliphatic carbocycles. The number of nitrogens with one attached hydrogen (secondary N) is 2. The van der Waals surface area contributed by atoms with Gasteiger partial charge in [-0.25, -0.2) is 5.43 Å². The Balaban J connectivity index is 1.46. The van der Waals surface area contributed by atoms with Crippen LogP contribution in [0.1, 0.15) is 57.9 Å². The number of H-pyrrole nitrogens is 1. The zero-order chi connectivity index (χ0) is 18.8. The zero-order valence-electron chi connectivity index (χ0n) is 15.8. The van der Waals surface area contributed by atoms with Crippen LogP contribution in [-0.4, -0.2) is 17.1 Å². The summed E-state index contributed by atoms with van der Waals surface area (Å²) in [4.78, 5) is 17.9. The standard InChI is InChI=1S/C22H25N3OS/c1-3-14-8-9-19-16(10-14)11-20(27-19)22(26)25-24-13-17-12-23-21-15(4-2)6-5-7-18(17)21/h5-7,11-14,23H,3-4,8-10H2,1-2H3,(H,25,26)/b24-13+/t14-/m0/s1. The number of hydrazone groups is 1. The van der Waals surface area contributed by atoms with Gasteiger partial charge in [0.25, 0.3) is 5.91 Å². The number of carbonyl (C=O) groups is 1. The highest BCUT2D eigenvalue weighted by molar-refractivity contribution is 7.14. The van der Waals surface area contributed by atoms with E-state index in [2.05, 4.69) is 53.6 Å². The number of para-hydroxylation sites is 1. The lowest BCUT2D eigenvalue weighted by Gasteiger charge is -2.19. The number of aromatic amines is 1. The molecule has 3 aromatic rings. The summed E-state index contributed by atoms with van der Waals surface area (Å²) < 4.78 is 0. The summed E-state index contributed by atoms with van der Waals surface area (Å²) in [6.07, 6.45) is 9.30. The maximum atomic E-state index is 12.5. The van der Waals surface area contributed by atoms with Crippen LogP contribution in [0.4, 0.5) is 0 Å². The molecule has 1 amide bonds. The van der Waals surface area contributed by atoms with Gasteiger partial charge in [0.1, 0.15) is 0 Å². The third kappa shape index (κ3) is 3.56. The van der Waals surface area contributed by atoms with Crippen molar-refractivity contribution in [2.24, 2.45) is 11.0 Å². The molecule has 0 spiro atoms. The largest absolute Gasteiger partial charge is 0.360 e. The Morgan fingerprint density at radius 3 is 3.11 bits per heavy atom. The number of rotatable bonds is 5. The van der Waals surface area contributed by atoms with Crippen molar-refractivity contribution in [2.75, 3.05) is 0 Å². The first kappa shape index (κ1) is 18.0. The van der Waals surface area contributed by atoms with Crippen molar-refractivity contribution in [1.29, 1.82) is 0 Å². The number of thiophene rings is 1. The van der Waals surface area contributed by atoms with E-state index in [0.29, 0.717) is 0 Å². The number of amides is 1. The Kier molecular flexibility index (Phi) is 5.12. The fraction of sp³-hybridized carbons (Fsp3) is 0.364. The van der Waals surface area contributed by atoms with E-state index in [1.165, 1.54) is 28.8 Å². The van der Waals surface area contributed by atoms with Crippen molar-refractivity contribution in [3.8, 4) is 0 Å². The Labute approximate surface area is 163 Å². The van der Waals surface area contributed by atoms with Crippen LogP contribution in [0.5, 0.6) is 0 Å². The highest BCUT2D eigenvalue weighted by Gasteiger charge is 2.21. The van der Waals surface area contributed by atoms with Crippen LogP contribution in [0.25, 0.3) is 10.9 Å². The Morgan fingerprint density at radius 1 is 1.41 bits per heavy atom. The number of hydrogen-bond donors (Lipinski definition) is 2. The molecular formula is C22H25N3OS. The predicted molar refractivity (Wildman–Crippen MR) is 113 cm³/mol.